The number of carbonyl (C=O) groups is 2. The lowest BCUT2D eigenvalue weighted by Gasteiger charge is -2.31. The number of fused-ring (bicyclic) bond motifs is 1. The minimum absolute atomic E-state index is 0.123. The molecule has 4 nitrogen and oxygen atoms in total. The van der Waals surface area contributed by atoms with Crippen LogP contribution in [0, 0.1) is 17.6 Å². The Balaban J connectivity index is 1.67. The maximum absolute atomic E-state index is 14.1. The topological polar surface area (TPSA) is 49.4 Å². The fourth-order valence-corrected chi connectivity index (χ4v) is 4.66. The molecule has 1 aliphatic heterocycles. The van der Waals surface area contributed by atoms with Crippen molar-refractivity contribution in [3.63, 3.8) is 0 Å². The third kappa shape index (κ3) is 4.53. The second-order valence-electron chi connectivity index (χ2n) is 8.30. The van der Waals surface area contributed by atoms with E-state index in [4.69, 9.17) is 0 Å². The Morgan fingerprint density at radius 2 is 1.70 bits per heavy atom. The van der Waals surface area contributed by atoms with Crippen molar-refractivity contribution in [3.05, 3.63) is 65.2 Å². The van der Waals surface area contributed by atoms with E-state index in [1.165, 1.54) is 54.5 Å². The monoisotopic (exact) mass is 412 g/mol. The number of rotatable bonds is 4. The minimum Gasteiger partial charge on any atom is -0.324 e. The van der Waals surface area contributed by atoms with E-state index < -0.39 is 17.7 Å². The Morgan fingerprint density at radius 1 is 1.00 bits per heavy atom. The summed E-state index contributed by atoms with van der Waals surface area (Å²) in [6.07, 6.45) is 7.09. The smallest absolute Gasteiger partial charge is 0.244 e. The molecule has 0 radical (unpaired) electrons. The molecule has 1 heterocycles. The van der Waals surface area contributed by atoms with Crippen molar-refractivity contribution in [2.24, 2.45) is 5.92 Å². The second-order valence-corrected chi connectivity index (χ2v) is 8.30. The van der Waals surface area contributed by atoms with Crippen molar-refractivity contribution < 1.29 is 18.4 Å². The molecule has 6 heteroatoms. The summed E-state index contributed by atoms with van der Waals surface area (Å²) < 4.78 is 27.7. The van der Waals surface area contributed by atoms with Crippen LogP contribution in [0.5, 0.6) is 0 Å². The Bertz CT molecular complexity index is 923. The number of hydrogen-bond acceptors (Lipinski definition) is 2. The number of nitrogens with one attached hydrogen (secondary N) is 1. The minimum atomic E-state index is -0.658. The van der Waals surface area contributed by atoms with E-state index in [0.717, 1.165) is 19.3 Å². The maximum Gasteiger partial charge on any atom is 0.244 e. The molecule has 0 spiro atoms. The van der Waals surface area contributed by atoms with E-state index in [1.54, 1.807) is 12.1 Å². The Labute approximate surface area is 175 Å². The van der Waals surface area contributed by atoms with Crippen molar-refractivity contribution in [1.82, 2.24) is 4.90 Å². The highest BCUT2D eigenvalue weighted by Crippen LogP contribution is 2.37. The zero-order valence-electron chi connectivity index (χ0n) is 16.9. The van der Waals surface area contributed by atoms with Gasteiger partial charge in [0.2, 0.25) is 11.8 Å². The van der Waals surface area contributed by atoms with Crippen LogP contribution in [0.15, 0.2) is 42.5 Å². The number of carbonyl (C=O) groups excluding carboxylic acids is 2. The predicted molar refractivity (Wildman–Crippen MR) is 111 cm³/mol. The van der Waals surface area contributed by atoms with Crippen molar-refractivity contribution in [2.75, 3.05) is 11.9 Å². The fraction of sp³-hybridized carbons (Fsp3) is 0.417. The van der Waals surface area contributed by atoms with Gasteiger partial charge >= 0.3 is 0 Å². The molecule has 0 unspecified atom stereocenters. The average molecular weight is 412 g/mol. The molecule has 2 amide bonds. The van der Waals surface area contributed by atoms with E-state index in [1.807, 2.05) is 0 Å². The van der Waals surface area contributed by atoms with Gasteiger partial charge in [0, 0.05) is 17.7 Å². The van der Waals surface area contributed by atoms with Crippen molar-refractivity contribution in [2.45, 2.75) is 51.0 Å². The standard InChI is InChI=1S/C24H26F2N2O2/c25-18-9-7-17(8-10-18)24-20-14-19(26)11-12-21(20)27-22(29)15-28(24)23(30)13-6-16-4-2-1-3-5-16/h7-12,14,16,24H,1-6,13,15H2,(H,27,29)/t24-/m0/s1. The molecule has 2 aromatic carbocycles. The van der Waals surface area contributed by atoms with Gasteiger partial charge in [0.1, 0.15) is 18.2 Å². The molecule has 4 rings (SSSR count). The first kappa shape index (κ1) is 20.5. The summed E-state index contributed by atoms with van der Waals surface area (Å²) in [5, 5.41) is 2.78. The van der Waals surface area contributed by atoms with Gasteiger partial charge in [-0.25, -0.2) is 8.78 Å². The lowest BCUT2D eigenvalue weighted by molar-refractivity contribution is -0.136. The molecule has 1 saturated carbocycles. The number of hydrogen-bond donors (Lipinski definition) is 1. The lowest BCUT2D eigenvalue weighted by Crippen LogP contribution is -2.39. The van der Waals surface area contributed by atoms with Gasteiger partial charge < -0.3 is 10.2 Å². The highest BCUT2D eigenvalue weighted by molar-refractivity contribution is 5.97. The first-order valence-corrected chi connectivity index (χ1v) is 10.7. The molecule has 1 fully saturated rings. The largest absolute Gasteiger partial charge is 0.324 e. The van der Waals surface area contributed by atoms with Gasteiger partial charge in [-0.15, -0.1) is 0 Å². The maximum atomic E-state index is 14.1. The van der Waals surface area contributed by atoms with Crippen molar-refractivity contribution in [1.29, 1.82) is 0 Å². The van der Waals surface area contributed by atoms with Crippen molar-refractivity contribution in [3.8, 4) is 0 Å². The molecular weight excluding hydrogens is 386 g/mol. The van der Waals surface area contributed by atoms with Gasteiger partial charge in [-0.3, -0.25) is 9.59 Å². The zero-order chi connectivity index (χ0) is 21.1. The third-order valence-electron chi connectivity index (χ3n) is 6.21. The number of amides is 2. The number of halogens is 2. The molecule has 0 saturated heterocycles. The van der Waals surface area contributed by atoms with Crippen LogP contribution in [0.4, 0.5) is 14.5 Å². The van der Waals surface area contributed by atoms with Crippen molar-refractivity contribution >= 4 is 17.5 Å². The van der Waals surface area contributed by atoms with Crippen LogP contribution >= 0.6 is 0 Å². The van der Waals surface area contributed by atoms with E-state index in [2.05, 4.69) is 5.32 Å². The molecule has 1 atom stereocenters. The Morgan fingerprint density at radius 3 is 2.43 bits per heavy atom. The number of nitrogens with zero attached hydrogens (tertiary/aromatic N) is 1. The summed E-state index contributed by atoms with van der Waals surface area (Å²) in [4.78, 5) is 27.3. The van der Waals surface area contributed by atoms with Crippen LogP contribution in [-0.2, 0) is 9.59 Å². The Kier molecular flexibility index (Phi) is 6.11. The molecule has 2 aliphatic rings. The van der Waals surface area contributed by atoms with Gasteiger partial charge in [0.05, 0.1) is 6.04 Å². The highest BCUT2D eigenvalue weighted by atomic mass is 19.1. The van der Waals surface area contributed by atoms with E-state index in [0.29, 0.717) is 29.2 Å². The first-order chi connectivity index (χ1) is 14.5. The molecule has 0 aromatic heterocycles. The van der Waals surface area contributed by atoms with E-state index in [9.17, 15) is 18.4 Å². The fourth-order valence-electron chi connectivity index (χ4n) is 4.66. The number of anilines is 1. The second kappa shape index (κ2) is 8.94. The SMILES string of the molecule is O=C1CN(C(=O)CCC2CCCCC2)[C@@H](c2ccc(F)cc2)c2cc(F)ccc2N1. The molecule has 1 aliphatic carbocycles. The van der Waals surface area contributed by atoms with Gasteiger partial charge in [0.15, 0.2) is 0 Å². The molecule has 2 aromatic rings. The Hall–Kier alpha value is -2.76. The average Bonchev–Trinajstić information content (AvgIpc) is 2.89. The van der Waals surface area contributed by atoms with Crippen LogP contribution in [0.3, 0.4) is 0 Å². The van der Waals surface area contributed by atoms with Crippen LogP contribution in [0.25, 0.3) is 0 Å². The van der Waals surface area contributed by atoms with Gasteiger partial charge in [-0.1, -0.05) is 44.2 Å². The van der Waals surface area contributed by atoms with Crippen LogP contribution in [0.1, 0.15) is 62.1 Å². The number of benzene rings is 2. The third-order valence-corrected chi connectivity index (χ3v) is 6.21. The van der Waals surface area contributed by atoms with Crippen LogP contribution in [-0.4, -0.2) is 23.3 Å². The normalized spacial score (nSPS) is 19.7. The van der Waals surface area contributed by atoms with Gasteiger partial charge in [-0.05, 0) is 48.2 Å². The molecule has 0 bridgehead atoms. The summed E-state index contributed by atoms with van der Waals surface area (Å²) in [6.45, 7) is -0.123. The molecule has 30 heavy (non-hydrogen) atoms. The highest BCUT2D eigenvalue weighted by Gasteiger charge is 2.33. The van der Waals surface area contributed by atoms with Crippen LogP contribution < -0.4 is 5.32 Å². The zero-order valence-corrected chi connectivity index (χ0v) is 16.9. The quantitative estimate of drug-likeness (QED) is 0.751. The van der Waals surface area contributed by atoms with E-state index >= 15 is 0 Å². The summed E-state index contributed by atoms with van der Waals surface area (Å²) in [5.41, 5.74) is 1.61. The predicted octanol–water partition coefficient (Wildman–Crippen LogP) is 5.20. The molecule has 158 valence electrons. The first-order valence-electron chi connectivity index (χ1n) is 10.7. The summed E-state index contributed by atoms with van der Waals surface area (Å²) in [5.74, 6) is -0.763. The molecule has 1 N–H and O–H groups in total. The van der Waals surface area contributed by atoms with E-state index in [-0.39, 0.29) is 18.4 Å². The lowest BCUT2D eigenvalue weighted by atomic mass is 9.86. The molecular formula is C24H26F2N2O2. The van der Waals surface area contributed by atoms with Gasteiger partial charge in [-0.2, -0.15) is 0 Å². The van der Waals surface area contributed by atoms with Gasteiger partial charge in [0.25, 0.3) is 0 Å². The summed E-state index contributed by atoms with van der Waals surface area (Å²) in [6, 6.07) is 9.29. The van der Waals surface area contributed by atoms with Crippen LogP contribution in [0.2, 0.25) is 0 Å². The summed E-state index contributed by atoms with van der Waals surface area (Å²) >= 11 is 0. The summed E-state index contributed by atoms with van der Waals surface area (Å²) in [7, 11) is 0.